The second-order valence-electron chi connectivity index (χ2n) is 10.9. The molecule has 48 heavy (non-hydrogen) atoms. The van der Waals surface area contributed by atoms with Crippen LogP contribution in [-0.4, -0.2) is 37.7 Å². The maximum atomic E-state index is 14.7. The maximum absolute atomic E-state index is 14.7. The van der Waals surface area contributed by atoms with E-state index in [0.29, 0.717) is 22.3 Å². The number of carbonyl (C=O) groups excluding carboxylic acids is 1. The summed E-state index contributed by atoms with van der Waals surface area (Å²) >= 11 is 0. The van der Waals surface area contributed by atoms with Gasteiger partial charge in [-0.3, -0.25) is 4.79 Å². The molecule has 9 nitrogen and oxygen atoms in total. The molecule has 7 aromatic rings. The van der Waals surface area contributed by atoms with Crippen LogP contribution in [0.2, 0.25) is 0 Å². The van der Waals surface area contributed by atoms with E-state index >= 15 is 0 Å². The predicted molar refractivity (Wildman–Crippen MR) is 183 cm³/mol. The van der Waals surface area contributed by atoms with Gasteiger partial charge in [0.1, 0.15) is 29.5 Å². The van der Waals surface area contributed by atoms with E-state index in [1.807, 2.05) is 30.3 Å². The molecule has 0 saturated heterocycles. The molecule has 2 aromatic heterocycles. The molecule has 2 heterocycles. The summed E-state index contributed by atoms with van der Waals surface area (Å²) in [5, 5.41) is 0.780. The minimum atomic E-state index is -4.35. The van der Waals surface area contributed by atoms with Crippen LogP contribution in [0.5, 0.6) is 11.5 Å². The average Bonchev–Trinajstić information content (AvgIpc) is 3.72. The fourth-order valence-electron chi connectivity index (χ4n) is 5.72. The topological polar surface area (TPSA) is 114 Å². The van der Waals surface area contributed by atoms with Crippen molar-refractivity contribution in [1.29, 1.82) is 0 Å². The first-order valence-corrected chi connectivity index (χ1v) is 17.7. The van der Waals surface area contributed by atoms with Crippen LogP contribution in [0, 0.1) is 0 Å². The standard InChI is InChI=1S/C37H28N2O7S2/c1-45-36-19-11-18-33-31(36)24-35(39(33)48(43,44)30-16-9-4-10-17-30)37(40)34-23-27-22-28(46-25-26-12-5-2-6-13-26)20-21-32(27)38(34)47(41,42)29-14-7-3-8-15-29/h2-24H,25H2,1H3. The molecule has 0 spiro atoms. The summed E-state index contributed by atoms with van der Waals surface area (Å²) in [5.41, 5.74) is 0.860. The fraction of sp³-hybridized carbons (Fsp3) is 0.0541. The van der Waals surface area contributed by atoms with Crippen molar-refractivity contribution >= 4 is 47.6 Å². The lowest BCUT2D eigenvalue weighted by Crippen LogP contribution is -2.23. The molecule has 0 unspecified atom stereocenters. The number of hydrogen-bond acceptors (Lipinski definition) is 7. The van der Waals surface area contributed by atoms with Gasteiger partial charge in [-0.05, 0) is 72.3 Å². The third kappa shape index (κ3) is 5.32. The van der Waals surface area contributed by atoms with E-state index in [0.717, 1.165) is 13.5 Å². The average molecular weight is 677 g/mol. The number of ketones is 1. The first-order chi connectivity index (χ1) is 23.2. The van der Waals surface area contributed by atoms with Crippen molar-refractivity contribution in [2.75, 3.05) is 7.11 Å². The van der Waals surface area contributed by atoms with Crippen molar-refractivity contribution in [2.45, 2.75) is 16.4 Å². The summed E-state index contributed by atoms with van der Waals surface area (Å²) in [6, 6.07) is 37.6. The Balaban J connectivity index is 1.45. The van der Waals surface area contributed by atoms with Crippen molar-refractivity contribution in [1.82, 2.24) is 7.94 Å². The molecule has 11 heteroatoms. The van der Waals surface area contributed by atoms with E-state index in [4.69, 9.17) is 9.47 Å². The van der Waals surface area contributed by atoms with Crippen LogP contribution in [0.25, 0.3) is 21.8 Å². The molecule has 0 atom stereocenters. The highest BCUT2D eigenvalue weighted by Gasteiger charge is 2.33. The number of nitrogens with zero attached hydrogens (tertiary/aromatic N) is 2. The van der Waals surface area contributed by atoms with Gasteiger partial charge in [0.15, 0.2) is 0 Å². The van der Waals surface area contributed by atoms with Crippen molar-refractivity contribution in [3.63, 3.8) is 0 Å². The minimum Gasteiger partial charge on any atom is -0.496 e. The number of ether oxygens (including phenoxy) is 2. The molecule has 240 valence electrons. The van der Waals surface area contributed by atoms with Gasteiger partial charge in [-0.25, -0.2) is 24.8 Å². The van der Waals surface area contributed by atoms with Gasteiger partial charge in [0.25, 0.3) is 20.0 Å². The summed E-state index contributed by atoms with van der Waals surface area (Å²) in [6.45, 7) is 0.278. The molecule has 0 radical (unpaired) electrons. The number of rotatable bonds is 10. The quantitative estimate of drug-likeness (QED) is 0.145. The lowest BCUT2D eigenvalue weighted by molar-refractivity contribution is 0.102. The first-order valence-electron chi connectivity index (χ1n) is 14.9. The highest BCUT2D eigenvalue weighted by atomic mass is 32.2. The first kappa shape index (κ1) is 31.0. The number of benzene rings is 5. The maximum Gasteiger partial charge on any atom is 0.268 e. The number of aromatic nitrogens is 2. The Morgan fingerprint density at radius 2 is 1.17 bits per heavy atom. The summed E-state index contributed by atoms with van der Waals surface area (Å²) in [6.07, 6.45) is 0. The Hall–Kier alpha value is -5.65. The van der Waals surface area contributed by atoms with Crippen LogP contribution in [0.4, 0.5) is 0 Å². The molecule has 0 fully saturated rings. The van der Waals surface area contributed by atoms with Crippen molar-refractivity contribution in [3.05, 3.63) is 156 Å². The molecule has 5 aromatic carbocycles. The molecule has 0 bridgehead atoms. The van der Waals surface area contributed by atoms with Gasteiger partial charge in [0.05, 0.1) is 27.9 Å². The van der Waals surface area contributed by atoms with Crippen LogP contribution >= 0.6 is 0 Å². The minimum absolute atomic E-state index is 0.0416. The van der Waals surface area contributed by atoms with E-state index < -0.39 is 25.8 Å². The number of hydrogen-bond donors (Lipinski definition) is 0. The highest BCUT2D eigenvalue weighted by Crippen LogP contribution is 2.35. The Labute approximate surface area is 277 Å². The van der Waals surface area contributed by atoms with E-state index in [-0.39, 0.29) is 38.8 Å². The zero-order valence-electron chi connectivity index (χ0n) is 25.6. The molecule has 7 rings (SSSR count). The van der Waals surface area contributed by atoms with Gasteiger partial charge in [-0.1, -0.05) is 72.8 Å². The van der Waals surface area contributed by atoms with Gasteiger partial charge >= 0.3 is 0 Å². The van der Waals surface area contributed by atoms with Gasteiger partial charge in [-0.15, -0.1) is 0 Å². The molecule has 0 aliphatic carbocycles. The van der Waals surface area contributed by atoms with Crippen molar-refractivity contribution in [3.8, 4) is 11.5 Å². The Bertz CT molecular complexity index is 2530. The SMILES string of the molecule is COc1cccc2c1cc(C(=O)c1cc3cc(OCc4ccccc4)ccc3n1S(=O)(=O)c1ccccc1)n2S(=O)(=O)c1ccccc1. The summed E-state index contributed by atoms with van der Waals surface area (Å²) in [4.78, 5) is 14.6. The Morgan fingerprint density at radius 3 is 1.77 bits per heavy atom. The van der Waals surface area contributed by atoms with E-state index in [1.165, 1.54) is 43.5 Å². The highest BCUT2D eigenvalue weighted by molar-refractivity contribution is 7.90. The molecule has 0 aliphatic heterocycles. The summed E-state index contributed by atoms with van der Waals surface area (Å²) in [7, 11) is -7.24. The molecule has 0 amide bonds. The Kier molecular flexibility index (Phi) is 7.86. The smallest absolute Gasteiger partial charge is 0.268 e. The normalized spacial score (nSPS) is 11.9. The predicted octanol–water partition coefficient (Wildman–Crippen LogP) is 6.89. The van der Waals surface area contributed by atoms with Crippen LogP contribution < -0.4 is 9.47 Å². The van der Waals surface area contributed by atoms with Crippen LogP contribution in [0.3, 0.4) is 0 Å². The molecule has 0 saturated carbocycles. The van der Waals surface area contributed by atoms with Crippen molar-refractivity contribution in [2.24, 2.45) is 0 Å². The molecular formula is C37H28N2O7S2. The van der Waals surface area contributed by atoms with Gasteiger partial charge < -0.3 is 9.47 Å². The second kappa shape index (κ2) is 12.2. The van der Waals surface area contributed by atoms with Crippen LogP contribution in [0.15, 0.2) is 149 Å². The van der Waals surface area contributed by atoms with Crippen LogP contribution in [-0.2, 0) is 26.7 Å². The van der Waals surface area contributed by atoms with Gasteiger partial charge in [0, 0.05) is 10.8 Å². The lowest BCUT2D eigenvalue weighted by Gasteiger charge is -2.14. The number of methoxy groups -OCH3 is 1. The number of carbonyl (C=O) groups is 1. The number of fused-ring (bicyclic) bond motifs is 2. The monoisotopic (exact) mass is 676 g/mol. The summed E-state index contributed by atoms with van der Waals surface area (Å²) in [5.74, 6) is -0.0124. The zero-order valence-corrected chi connectivity index (χ0v) is 27.2. The third-order valence-corrected chi connectivity index (χ3v) is 11.5. The zero-order chi connectivity index (χ0) is 33.5. The van der Waals surface area contributed by atoms with Gasteiger partial charge in [-0.2, -0.15) is 0 Å². The van der Waals surface area contributed by atoms with Crippen molar-refractivity contribution < 1.29 is 31.1 Å². The Morgan fingerprint density at radius 1 is 0.604 bits per heavy atom. The van der Waals surface area contributed by atoms with Gasteiger partial charge in [0.2, 0.25) is 5.78 Å². The van der Waals surface area contributed by atoms with E-state index in [1.54, 1.807) is 72.8 Å². The second-order valence-corrected chi connectivity index (χ2v) is 14.5. The van der Waals surface area contributed by atoms with E-state index in [9.17, 15) is 21.6 Å². The van der Waals surface area contributed by atoms with E-state index in [2.05, 4.69) is 0 Å². The third-order valence-electron chi connectivity index (χ3n) is 7.99. The fourth-order valence-corrected chi connectivity index (χ4v) is 8.77. The molecule has 0 N–H and O–H groups in total. The largest absolute Gasteiger partial charge is 0.496 e. The molecule has 0 aliphatic rings. The van der Waals surface area contributed by atoms with Crippen LogP contribution in [0.1, 0.15) is 21.7 Å². The summed E-state index contributed by atoms with van der Waals surface area (Å²) < 4.78 is 70.4. The molecular weight excluding hydrogens is 649 g/mol. The lowest BCUT2D eigenvalue weighted by atomic mass is 10.2.